The van der Waals surface area contributed by atoms with E-state index >= 15 is 0 Å². The number of halogens is 1. The molecule has 0 saturated carbocycles. The van der Waals surface area contributed by atoms with Crippen LogP contribution in [-0.2, 0) is 24.3 Å². The Labute approximate surface area is 137 Å². The molecular formula is C15H20FN5OS. The molecule has 1 aliphatic rings. The Morgan fingerprint density at radius 3 is 2.57 bits per heavy atom. The van der Waals surface area contributed by atoms with E-state index in [1.165, 1.54) is 16.8 Å². The average molecular weight is 337 g/mol. The molecule has 1 aromatic heterocycles. The van der Waals surface area contributed by atoms with E-state index in [9.17, 15) is 8.60 Å². The first-order valence-electron chi connectivity index (χ1n) is 7.73. The lowest BCUT2D eigenvalue weighted by molar-refractivity contribution is 0.234. The first-order valence-corrected chi connectivity index (χ1v) is 8.94. The van der Waals surface area contributed by atoms with E-state index in [-0.39, 0.29) is 11.1 Å². The quantitative estimate of drug-likeness (QED) is 0.819. The van der Waals surface area contributed by atoms with E-state index in [1.54, 1.807) is 7.05 Å². The van der Waals surface area contributed by atoms with E-state index in [2.05, 4.69) is 20.4 Å². The smallest absolute Gasteiger partial charge is 0.239 e. The fraction of sp³-hybridized carbons (Fsp3) is 0.533. The molecule has 1 unspecified atom stereocenters. The molecule has 0 aliphatic carbocycles. The van der Waals surface area contributed by atoms with Crippen LogP contribution in [0.4, 0.5) is 4.39 Å². The van der Waals surface area contributed by atoms with Gasteiger partial charge in [-0.1, -0.05) is 17.2 Å². The van der Waals surface area contributed by atoms with Gasteiger partial charge in [0.15, 0.2) is 0 Å². The molecule has 0 spiro atoms. The molecule has 0 radical (unpaired) electrons. The number of aromatic nitrogens is 4. The van der Waals surface area contributed by atoms with Gasteiger partial charge in [-0.25, -0.2) is 9.07 Å². The highest BCUT2D eigenvalue weighted by atomic mass is 32.2. The minimum absolute atomic E-state index is 0.113. The van der Waals surface area contributed by atoms with Gasteiger partial charge in [-0.3, -0.25) is 4.21 Å². The molecule has 1 aromatic carbocycles. The van der Waals surface area contributed by atoms with Gasteiger partial charge in [0.05, 0.1) is 10.8 Å². The summed E-state index contributed by atoms with van der Waals surface area (Å²) in [6.45, 7) is 2.78. The number of hydrogen-bond acceptors (Lipinski definition) is 5. The highest BCUT2D eigenvalue weighted by Crippen LogP contribution is 2.19. The average Bonchev–Trinajstić information content (AvgIpc) is 3.00. The monoisotopic (exact) mass is 337 g/mol. The van der Waals surface area contributed by atoms with Crippen molar-refractivity contribution in [2.24, 2.45) is 7.05 Å². The van der Waals surface area contributed by atoms with E-state index in [0.717, 1.165) is 44.5 Å². The molecule has 1 saturated heterocycles. The van der Waals surface area contributed by atoms with Gasteiger partial charge in [-0.2, -0.15) is 0 Å². The van der Waals surface area contributed by atoms with Gasteiger partial charge < -0.3 is 4.90 Å². The van der Waals surface area contributed by atoms with Gasteiger partial charge in [0.25, 0.3) is 0 Å². The zero-order valence-corrected chi connectivity index (χ0v) is 13.9. The fourth-order valence-electron chi connectivity index (χ4n) is 2.83. The Balaban J connectivity index is 1.48. The van der Waals surface area contributed by atoms with Crippen molar-refractivity contribution in [2.75, 3.05) is 19.6 Å². The second-order valence-corrected chi connectivity index (χ2v) is 7.43. The first kappa shape index (κ1) is 16.2. The van der Waals surface area contributed by atoms with Crippen LogP contribution in [0.5, 0.6) is 0 Å². The third-order valence-corrected chi connectivity index (χ3v) is 6.01. The van der Waals surface area contributed by atoms with Crippen LogP contribution in [0.1, 0.15) is 18.4 Å². The third kappa shape index (κ3) is 4.00. The molecule has 2 heterocycles. The van der Waals surface area contributed by atoms with Crippen molar-refractivity contribution in [3.05, 3.63) is 35.6 Å². The topological polar surface area (TPSA) is 63.9 Å². The Bertz CT molecular complexity index is 667. The Hall–Kier alpha value is -1.67. The number of rotatable bonds is 5. The molecule has 1 fully saturated rings. The Kier molecular flexibility index (Phi) is 5.12. The van der Waals surface area contributed by atoms with Crippen LogP contribution in [0.15, 0.2) is 29.4 Å². The molecule has 1 aliphatic heterocycles. The lowest BCUT2D eigenvalue weighted by Crippen LogP contribution is -2.39. The van der Waals surface area contributed by atoms with E-state index < -0.39 is 10.8 Å². The number of likely N-dealkylation sites (tertiary alicyclic amines) is 1. The van der Waals surface area contributed by atoms with E-state index in [1.807, 2.05) is 12.1 Å². The maximum atomic E-state index is 12.9. The van der Waals surface area contributed by atoms with Crippen LogP contribution in [0.3, 0.4) is 0 Å². The summed E-state index contributed by atoms with van der Waals surface area (Å²) >= 11 is 0. The van der Waals surface area contributed by atoms with Crippen molar-refractivity contribution in [2.45, 2.75) is 29.7 Å². The van der Waals surface area contributed by atoms with Crippen LogP contribution in [0, 0.1) is 5.82 Å². The zero-order valence-electron chi connectivity index (χ0n) is 13.1. The Morgan fingerprint density at radius 1 is 1.26 bits per heavy atom. The van der Waals surface area contributed by atoms with Gasteiger partial charge in [-0.05, 0) is 60.5 Å². The molecular weight excluding hydrogens is 317 g/mol. The maximum Gasteiger partial charge on any atom is 0.239 e. The van der Waals surface area contributed by atoms with Crippen molar-refractivity contribution < 1.29 is 8.60 Å². The highest BCUT2D eigenvalue weighted by molar-refractivity contribution is 7.85. The summed E-state index contributed by atoms with van der Waals surface area (Å²) in [6.07, 6.45) is 2.66. The normalized spacial score (nSPS) is 18.2. The second kappa shape index (κ2) is 7.27. The summed E-state index contributed by atoms with van der Waals surface area (Å²) in [5.41, 5.74) is 1.14. The molecule has 23 heavy (non-hydrogen) atoms. The summed E-state index contributed by atoms with van der Waals surface area (Å²) in [6, 6.07) is 6.66. The van der Waals surface area contributed by atoms with E-state index in [4.69, 9.17) is 0 Å². The van der Waals surface area contributed by atoms with Crippen LogP contribution in [0.25, 0.3) is 0 Å². The molecule has 8 heteroatoms. The van der Waals surface area contributed by atoms with Crippen molar-refractivity contribution in [3.63, 3.8) is 0 Å². The molecule has 0 bridgehead atoms. The largest absolute Gasteiger partial charge is 0.303 e. The van der Waals surface area contributed by atoms with Crippen molar-refractivity contribution in [1.82, 2.24) is 25.1 Å². The summed E-state index contributed by atoms with van der Waals surface area (Å²) < 4.78 is 26.9. The van der Waals surface area contributed by atoms with Gasteiger partial charge >= 0.3 is 0 Å². The first-order chi connectivity index (χ1) is 11.1. The van der Waals surface area contributed by atoms with Gasteiger partial charge in [0, 0.05) is 18.8 Å². The van der Waals surface area contributed by atoms with Crippen LogP contribution >= 0.6 is 0 Å². The van der Waals surface area contributed by atoms with Crippen LogP contribution in [0.2, 0.25) is 0 Å². The number of tetrazole rings is 1. The predicted octanol–water partition coefficient (Wildman–Crippen LogP) is 1.16. The van der Waals surface area contributed by atoms with Crippen molar-refractivity contribution in [1.29, 1.82) is 0 Å². The number of piperidine rings is 1. The summed E-state index contributed by atoms with van der Waals surface area (Å²) in [5, 5.41) is 11.7. The van der Waals surface area contributed by atoms with Crippen molar-refractivity contribution in [3.8, 4) is 0 Å². The van der Waals surface area contributed by atoms with Gasteiger partial charge in [0.2, 0.25) is 5.16 Å². The van der Waals surface area contributed by atoms with Crippen LogP contribution < -0.4 is 0 Å². The molecule has 0 amide bonds. The number of aryl methyl sites for hydroxylation is 1. The number of hydrogen-bond donors (Lipinski definition) is 0. The fourth-order valence-corrected chi connectivity index (χ4v) is 4.18. The second-order valence-electron chi connectivity index (χ2n) is 5.80. The van der Waals surface area contributed by atoms with E-state index in [0.29, 0.717) is 5.16 Å². The predicted molar refractivity (Wildman–Crippen MR) is 84.8 cm³/mol. The summed E-state index contributed by atoms with van der Waals surface area (Å²) in [7, 11) is 0.564. The molecule has 3 rings (SSSR count). The third-order valence-electron chi connectivity index (χ3n) is 4.23. The van der Waals surface area contributed by atoms with Crippen molar-refractivity contribution >= 4 is 10.8 Å². The minimum Gasteiger partial charge on any atom is -0.303 e. The Morgan fingerprint density at radius 2 is 1.96 bits per heavy atom. The SMILES string of the molecule is Cn1nnnc1S(=O)C1CCN(CCc2ccc(F)cc2)CC1. The highest BCUT2D eigenvalue weighted by Gasteiger charge is 2.27. The van der Waals surface area contributed by atoms with Gasteiger partial charge in [0.1, 0.15) is 5.82 Å². The molecule has 2 aromatic rings. The molecule has 124 valence electrons. The maximum absolute atomic E-state index is 12.9. The molecule has 6 nitrogen and oxygen atoms in total. The van der Waals surface area contributed by atoms with Crippen LogP contribution in [-0.4, -0.2) is 54.2 Å². The lowest BCUT2D eigenvalue weighted by atomic mass is 10.1. The number of benzene rings is 1. The number of nitrogens with zero attached hydrogens (tertiary/aromatic N) is 5. The lowest BCUT2D eigenvalue weighted by Gasteiger charge is -2.31. The summed E-state index contributed by atoms with van der Waals surface area (Å²) in [4.78, 5) is 2.37. The van der Waals surface area contributed by atoms with Gasteiger partial charge in [-0.15, -0.1) is 0 Å². The zero-order chi connectivity index (χ0) is 16.2. The summed E-state index contributed by atoms with van der Waals surface area (Å²) in [5.74, 6) is -0.199. The standard InChI is InChI=1S/C15H20FN5OS/c1-20-15(17-18-19-20)23(22)14-7-10-21(11-8-14)9-6-12-2-4-13(16)5-3-12/h2-5,14H,6-11H2,1H3. The minimum atomic E-state index is -1.15. The molecule has 0 N–H and O–H groups in total. The molecule has 1 atom stereocenters.